The minimum Gasteiger partial charge on any atom is -0.494 e. The highest BCUT2D eigenvalue weighted by molar-refractivity contribution is 9.10. The average Bonchev–Trinajstić information content (AvgIpc) is 2.79. The van der Waals surface area contributed by atoms with Gasteiger partial charge in [-0.15, -0.1) is 0 Å². The van der Waals surface area contributed by atoms with E-state index in [1.165, 1.54) is 11.3 Å². The highest BCUT2D eigenvalue weighted by Crippen LogP contribution is 2.30. The molecule has 8 heteroatoms. The first kappa shape index (κ1) is 14.0. The molecule has 2 heterocycles. The maximum Gasteiger partial charge on any atom is 0.232 e. The van der Waals surface area contributed by atoms with Gasteiger partial charge in [-0.3, -0.25) is 5.32 Å². The van der Waals surface area contributed by atoms with Crippen LogP contribution in [0.25, 0.3) is 10.2 Å². The number of fused-ring (bicyclic) bond motifs is 1. The summed E-state index contributed by atoms with van der Waals surface area (Å²) >= 11 is 4.79. The standard InChI is InChI=1S/C13H12BrN5OS/c1-2-20-7-3-4-8-9(5-7)21-13(16-8)19-12-17-10(14)6-11(15)18-12/h3-6H,2H2,1H3,(H3,15,16,17,18,19). The van der Waals surface area contributed by atoms with Crippen molar-refractivity contribution in [3.05, 3.63) is 28.9 Å². The summed E-state index contributed by atoms with van der Waals surface area (Å²) in [5.74, 6) is 1.63. The molecular weight excluding hydrogens is 354 g/mol. The molecule has 3 aromatic rings. The molecule has 0 fully saturated rings. The summed E-state index contributed by atoms with van der Waals surface area (Å²) < 4.78 is 7.14. The van der Waals surface area contributed by atoms with E-state index in [-0.39, 0.29) is 0 Å². The Kier molecular flexibility index (Phi) is 3.89. The molecule has 3 N–H and O–H groups in total. The van der Waals surface area contributed by atoms with E-state index in [9.17, 15) is 0 Å². The number of benzene rings is 1. The van der Waals surface area contributed by atoms with Gasteiger partial charge in [0.15, 0.2) is 5.13 Å². The zero-order valence-corrected chi connectivity index (χ0v) is 13.5. The minimum absolute atomic E-state index is 0.388. The fourth-order valence-electron chi connectivity index (χ4n) is 1.80. The Bertz CT molecular complexity index is 771. The van der Waals surface area contributed by atoms with Crippen LogP contribution in [0.5, 0.6) is 5.75 Å². The van der Waals surface area contributed by atoms with Crippen molar-refractivity contribution in [1.29, 1.82) is 0 Å². The van der Waals surface area contributed by atoms with Gasteiger partial charge in [0, 0.05) is 6.07 Å². The van der Waals surface area contributed by atoms with E-state index in [0.29, 0.717) is 28.1 Å². The molecule has 0 aliphatic rings. The van der Waals surface area contributed by atoms with Gasteiger partial charge in [0.1, 0.15) is 16.2 Å². The molecule has 21 heavy (non-hydrogen) atoms. The van der Waals surface area contributed by atoms with Gasteiger partial charge >= 0.3 is 0 Å². The van der Waals surface area contributed by atoms with E-state index in [1.54, 1.807) is 6.07 Å². The lowest BCUT2D eigenvalue weighted by Crippen LogP contribution is -2.00. The van der Waals surface area contributed by atoms with Crippen LogP contribution >= 0.6 is 27.3 Å². The summed E-state index contributed by atoms with van der Waals surface area (Å²) in [7, 11) is 0. The van der Waals surface area contributed by atoms with E-state index >= 15 is 0 Å². The Morgan fingerprint density at radius 1 is 1.29 bits per heavy atom. The maximum absolute atomic E-state index is 5.69. The number of aromatic nitrogens is 3. The van der Waals surface area contributed by atoms with Crippen molar-refractivity contribution in [1.82, 2.24) is 15.0 Å². The molecule has 0 amide bonds. The highest BCUT2D eigenvalue weighted by atomic mass is 79.9. The molecule has 0 aliphatic carbocycles. The molecule has 3 rings (SSSR count). The van der Waals surface area contributed by atoms with E-state index < -0.39 is 0 Å². The number of thiazole rings is 1. The number of nitrogens with two attached hydrogens (primary N) is 1. The number of hydrogen-bond acceptors (Lipinski definition) is 7. The third-order valence-electron chi connectivity index (χ3n) is 2.60. The van der Waals surface area contributed by atoms with Crippen LogP contribution in [-0.2, 0) is 0 Å². The van der Waals surface area contributed by atoms with Gasteiger partial charge in [0.25, 0.3) is 0 Å². The zero-order valence-electron chi connectivity index (χ0n) is 11.1. The van der Waals surface area contributed by atoms with Crippen molar-refractivity contribution in [3.63, 3.8) is 0 Å². The van der Waals surface area contributed by atoms with Gasteiger partial charge in [-0.1, -0.05) is 11.3 Å². The van der Waals surface area contributed by atoms with Crippen LogP contribution in [0.1, 0.15) is 6.92 Å². The van der Waals surface area contributed by atoms with Gasteiger partial charge in [-0.05, 0) is 41.1 Å². The molecule has 6 nitrogen and oxygen atoms in total. The number of halogens is 1. The third kappa shape index (κ3) is 3.22. The van der Waals surface area contributed by atoms with E-state index in [4.69, 9.17) is 10.5 Å². The molecule has 0 spiro atoms. The molecule has 0 saturated heterocycles. The smallest absolute Gasteiger partial charge is 0.232 e. The van der Waals surface area contributed by atoms with Crippen LogP contribution in [0, 0.1) is 0 Å². The minimum atomic E-state index is 0.388. The first-order chi connectivity index (χ1) is 10.1. The van der Waals surface area contributed by atoms with E-state index in [0.717, 1.165) is 16.0 Å². The van der Waals surface area contributed by atoms with Gasteiger partial charge in [0.05, 0.1) is 16.8 Å². The van der Waals surface area contributed by atoms with Crippen LogP contribution in [0.3, 0.4) is 0 Å². The molecule has 0 bridgehead atoms. The maximum atomic E-state index is 5.69. The monoisotopic (exact) mass is 365 g/mol. The third-order valence-corrected chi connectivity index (χ3v) is 3.94. The van der Waals surface area contributed by atoms with Crippen LogP contribution < -0.4 is 15.8 Å². The van der Waals surface area contributed by atoms with Crippen molar-refractivity contribution < 1.29 is 4.74 Å². The predicted molar refractivity (Wildman–Crippen MR) is 88.2 cm³/mol. The Labute approximate surface area is 133 Å². The second-order valence-corrected chi connectivity index (χ2v) is 5.99. The number of nitrogens with zero attached hydrogens (tertiary/aromatic N) is 3. The zero-order chi connectivity index (χ0) is 14.8. The van der Waals surface area contributed by atoms with Crippen LogP contribution in [0.4, 0.5) is 16.9 Å². The van der Waals surface area contributed by atoms with Gasteiger partial charge in [0.2, 0.25) is 5.95 Å². The molecule has 0 saturated carbocycles. The Morgan fingerprint density at radius 3 is 2.90 bits per heavy atom. The summed E-state index contributed by atoms with van der Waals surface area (Å²) in [6, 6.07) is 7.44. The molecule has 0 aliphatic heterocycles. The molecule has 0 atom stereocenters. The SMILES string of the molecule is CCOc1ccc2nc(Nc3nc(N)cc(Br)n3)sc2c1. The quantitative estimate of drug-likeness (QED) is 0.687. The molecule has 0 unspecified atom stereocenters. The molecular formula is C13H12BrN5OS. The van der Waals surface area contributed by atoms with Crippen LogP contribution in [0.15, 0.2) is 28.9 Å². The largest absolute Gasteiger partial charge is 0.494 e. The predicted octanol–water partition coefficient (Wildman–Crippen LogP) is 3.57. The van der Waals surface area contributed by atoms with Crippen molar-refractivity contribution in [2.24, 2.45) is 0 Å². The summed E-state index contributed by atoms with van der Waals surface area (Å²) in [5, 5.41) is 3.77. The lowest BCUT2D eigenvalue weighted by Gasteiger charge is -2.01. The normalized spacial score (nSPS) is 10.8. The number of nitrogen functional groups attached to an aromatic ring is 1. The Hall–Kier alpha value is -1.93. The Morgan fingerprint density at radius 2 is 2.14 bits per heavy atom. The number of nitrogens with one attached hydrogen (secondary N) is 1. The lowest BCUT2D eigenvalue weighted by molar-refractivity contribution is 0.341. The average molecular weight is 366 g/mol. The van der Waals surface area contributed by atoms with Gasteiger partial charge in [-0.2, -0.15) is 4.98 Å². The lowest BCUT2D eigenvalue weighted by atomic mass is 10.3. The van der Waals surface area contributed by atoms with Crippen molar-refractivity contribution in [3.8, 4) is 5.75 Å². The van der Waals surface area contributed by atoms with E-state index in [2.05, 4.69) is 36.2 Å². The van der Waals surface area contributed by atoms with Crippen molar-refractivity contribution >= 4 is 54.4 Å². The molecule has 0 radical (unpaired) electrons. The van der Waals surface area contributed by atoms with E-state index in [1.807, 2.05) is 25.1 Å². The summed E-state index contributed by atoms with van der Waals surface area (Å²) in [5.41, 5.74) is 6.58. The number of rotatable bonds is 4. The fourth-order valence-corrected chi connectivity index (χ4v) is 3.09. The first-order valence-corrected chi connectivity index (χ1v) is 7.85. The molecule has 2 aromatic heterocycles. The first-order valence-electron chi connectivity index (χ1n) is 6.24. The Balaban J connectivity index is 1.90. The summed E-state index contributed by atoms with van der Waals surface area (Å²) in [6.07, 6.45) is 0. The second kappa shape index (κ2) is 5.82. The van der Waals surface area contributed by atoms with Crippen LogP contribution in [0.2, 0.25) is 0 Å². The molecule has 108 valence electrons. The summed E-state index contributed by atoms with van der Waals surface area (Å²) in [4.78, 5) is 12.8. The second-order valence-electron chi connectivity index (χ2n) is 4.15. The topological polar surface area (TPSA) is 86.0 Å². The number of anilines is 3. The highest BCUT2D eigenvalue weighted by Gasteiger charge is 2.08. The van der Waals surface area contributed by atoms with Crippen LogP contribution in [-0.4, -0.2) is 21.6 Å². The number of ether oxygens (including phenoxy) is 1. The fraction of sp³-hybridized carbons (Fsp3) is 0.154. The van der Waals surface area contributed by atoms with Crippen molar-refractivity contribution in [2.45, 2.75) is 6.92 Å². The number of hydrogen-bond donors (Lipinski definition) is 2. The summed E-state index contributed by atoms with van der Waals surface area (Å²) in [6.45, 7) is 2.60. The van der Waals surface area contributed by atoms with Gasteiger partial charge < -0.3 is 10.5 Å². The van der Waals surface area contributed by atoms with Crippen molar-refractivity contribution in [2.75, 3.05) is 17.7 Å². The van der Waals surface area contributed by atoms with Gasteiger partial charge in [-0.25, -0.2) is 9.97 Å². The molecule has 1 aromatic carbocycles.